The molecule has 2 rings (SSSR count). The van der Waals surface area contributed by atoms with E-state index in [2.05, 4.69) is 5.10 Å². The summed E-state index contributed by atoms with van der Waals surface area (Å²) in [5.41, 5.74) is 7.59. The molecular weight excluding hydrogens is 190 g/mol. The fourth-order valence-electron chi connectivity index (χ4n) is 1.65. The lowest BCUT2D eigenvalue weighted by Crippen LogP contribution is -2.02. The second kappa shape index (κ2) is 3.90. The second-order valence-electron chi connectivity index (χ2n) is 3.63. The maximum Gasteiger partial charge on any atom is 0.154 e. The van der Waals surface area contributed by atoms with Crippen molar-refractivity contribution < 1.29 is 4.42 Å². The first-order valence-corrected chi connectivity index (χ1v) is 5.00. The third-order valence-corrected chi connectivity index (χ3v) is 2.29. The minimum atomic E-state index is 0.623. The van der Waals surface area contributed by atoms with Gasteiger partial charge < -0.3 is 10.2 Å². The van der Waals surface area contributed by atoms with Gasteiger partial charge >= 0.3 is 0 Å². The number of nitrogens with two attached hydrogens (primary N) is 1. The molecule has 0 aliphatic rings. The normalized spacial score (nSPS) is 10.9. The van der Waals surface area contributed by atoms with Crippen molar-refractivity contribution in [1.29, 1.82) is 0 Å². The highest BCUT2D eigenvalue weighted by Crippen LogP contribution is 2.24. The standard InChI is InChI=1S/C11H15N3O/c1-8-3-4-10(15-8)11-9(5-6-12)7-14(2)13-11/h3-4,7H,5-6,12H2,1-2H3. The van der Waals surface area contributed by atoms with Crippen LogP contribution in [0.5, 0.6) is 0 Å². The summed E-state index contributed by atoms with van der Waals surface area (Å²) in [5, 5.41) is 4.38. The summed E-state index contributed by atoms with van der Waals surface area (Å²) >= 11 is 0. The monoisotopic (exact) mass is 205 g/mol. The molecule has 0 bridgehead atoms. The van der Waals surface area contributed by atoms with Crippen molar-refractivity contribution in [3.63, 3.8) is 0 Å². The highest BCUT2D eigenvalue weighted by molar-refractivity contribution is 5.56. The number of hydrogen-bond acceptors (Lipinski definition) is 3. The maximum absolute atomic E-state index is 5.55. The van der Waals surface area contributed by atoms with E-state index >= 15 is 0 Å². The van der Waals surface area contributed by atoms with E-state index in [-0.39, 0.29) is 0 Å². The molecule has 2 aromatic rings. The van der Waals surface area contributed by atoms with Crippen molar-refractivity contribution in [2.24, 2.45) is 12.8 Å². The highest BCUT2D eigenvalue weighted by atomic mass is 16.3. The van der Waals surface area contributed by atoms with Crippen LogP contribution in [-0.2, 0) is 13.5 Å². The molecule has 0 aliphatic carbocycles. The van der Waals surface area contributed by atoms with Gasteiger partial charge in [0.15, 0.2) is 5.76 Å². The number of aryl methyl sites for hydroxylation is 2. The van der Waals surface area contributed by atoms with Crippen LogP contribution in [0, 0.1) is 6.92 Å². The van der Waals surface area contributed by atoms with E-state index in [4.69, 9.17) is 10.2 Å². The number of rotatable bonds is 3. The Labute approximate surface area is 88.7 Å². The van der Waals surface area contributed by atoms with Gasteiger partial charge in [-0.05, 0) is 32.0 Å². The second-order valence-corrected chi connectivity index (χ2v) is 3.63. The van der Waals surface area contributed by atoms with Crippen molar-refractivity contribution in [1.82, 2.24) is 9.78 Å². The van der Waals surface area contributed by atoms with E-state index in [1.807, 2.05) is 32.3 Å². The lowest BCUT2D eigenvalue weighted by Gasteiger charge is -1.96. The van der Waals surface area contributed by atoms with Crippen LogP contribution >= 0.6 is 0 Å². The van der Waals surface area contributed by atoms with E-state index in [0.717, 1.165) is 29.2 Å². The minimum Gasteiger partial charge on any atom is -0.460 e. The van der Waals surface area contributed by atoms with Gasteiger partial charge in [-0.3, -0.25) is 4.68 Å². The van der Waals surface area contributed by atoms with E-state index in [9.17, 15) is 0 Å². The molecule has 0 aromatic carbocycles. The number of aromatic nitrogens is 2. The summed E-state index contributed by atoms with van der Waals surface area (Å²) in [6.45, 7) is 2.55. The fraction of sp³-hybridized carbons (Fsp3) is 0.364. The zero-order chi connectivity index (χ0) is 10.8. The molecule has 2 aromatic heterocycles. The zero-order valence-corrected chi connectivity index (χ0v) is 9.03. The third kappa shape index (κ3) is 1.94. The van der Waals surface area contributed by atoms with Gasteiger partial charge in [-0.1, -0.05) is 0 Å². The lowest BCUT2D eigenvalue weighted by atomic mass is 10.1. The van der Waals surface area contributed by atoms with E-state index in [0.29, 0.717) is 6.54 Å². The fourth-order valence-corrected chi connectivity index (χ4v) is 1.65. The average Bonchev–Trinajstić information content (AvgIpc) is 2.73. The van der Waals surface area contributed by atoms with Gasteiger partial charge in [0.2, 0.25) is 0 Å². The molecule has 0 spiro atoms. The molecule has 4 nitrogen and oxygen atoms in total. The first-order valence-electron chi connectivity index (χ1n) is 5.00. The molecule has 15 heavy (non-hydrogen) atoms. The van der Waals surface area contributed by atoms with E-state index < -0.39 is 0 Å². The van der Waals surface area contributed by atoms with Gasteiger partial charge in [-0.25, -0.2) is 0 Å². The van der Waals surface area contributed by atoms with E-state index in [1.165, 1.54) is 0 Å². The lowest BCUT2D eigenvalue weighted by molar-refractivity contribution is 0.544. The molecule has 0 radical (unpaired) electrons. The quantitative estimate of drug-likeness (QED) is 0.825. The summed E-state index contributed by atoms with van der Waals surface area (Å²) in [4.78, 5) is 0. The number of nitrogens with zero attached hydrogens (tertiary/aromatic N) is 2. The van der Waals surface area contributed by atoms with Crippen LogP contribution < -0.4 is 5.73 Å². The Kier molecular flexibility index (Phi) is 2.60. The summed E-state index contributed by atoms with van der Waals surface area (Å²) in [6.07, 6.45) is 2.81. The molecule has 80 valence electrons. The van der Waals surface area contributed by atoms with Crippen LogP contribution in [0.1, 0.15) is 11.3 Å². The van der Waals surface area contributed by atoms with E-state index in [1.54, 1.807) is 4.68 Å². The van der Waals surface area contributed by atoms with Gasteiger partial charge in [0, 0.05) is 18.8 Å². The number of hydrogen-bond donors (Lipinski definition) is 1. The minimum absolute atomic E-state index is 0.623. The molecule has 2 N–H and O–H groups in total. The molecule has 0 amide bonds. The van der Waals surface area contributed by atoms with Gasteiger partial charge in [-0.2, -0.15) is 5.10 Å². The Hall–Kier alpha value is -1.55. The Morgan fingerprint density at radius 2 is 2.27 bits per heavy atom. The Morgan fingerprint density at radius 3 is 2.87 bits per heavy atom. The predicted molar refractivity (Wildman–Crippen MR) is 58.4 cm³/mol. The molecule has 2 heterocycles. The first kappa shape index (κ1) is 9.98. The average molecular weight is 205 g/mol. The number of furan rings is 1. The Bertz CT molecular complexity index is 456. The maximum atomic E-state index is 5.55. The SMILES string of the molecule is Cc1ccc(-c2nn(C)cc2CCN)o1. The predicted octanol–water partition coefficient (Wildman–Crippen LogP) is 1.49. The molecule has 0 atom stereocenters. The van der Waals surface area contributed by atoms with Crippen molar-refractivity contribution in [3.8, 4) is 11.5 Å². The third-order valence-electron chi connectivity index (χ3n) is 2.29. The topological polar surface area (TPSA) is 57.0 Å². The van der Waals surface area contributed by atoms with Gasteiger partial charge in [0.25, 0.3) is 0 Å². The molecule has 0 saturated heterocycles. The summed E-state index contributed by atoms with van der Waals surface area (Å²) in [7, 11) is 1.90. The zero-order valence-electron chi connectivity index (χ0n) is 9.03. The molecular formula is C11H15N3O. The van der Waals surface area contributed by atoms with Crippen molar-refractivity contribution in [2.75, 3.05) is 6.54 Å². The highest BCUT2D eigenvalue weighted by Gasteiger charge is 2.12. The van der Waals surface area contributed by atoms with Gasteiger partial charge in [0.1, 0.15) is 11.5 Å². The molecule has 4 heteroatoms. The van der Waals surface area contributed by atoms with Gasteiger partial charge in [0.05, 0.1) is 0 Å². The van der Waals surface area contributed by atoms with Crippen LogP contribution in [0.15, 0.2) is 22.7 Å². The van der Waals surface area contributed by atoms with Crippen molar-refractivity contribution in [2.45, 2.75) is 13.3 Å². The van der Waals surface area contributed by atoms with Crippen LogP contribution in [-0.4, -0.2) is 16.3 Å². The summed E-state index contributed by atoms with van der Waals surface area (Å²) < 4.78 is 7.34. The van der Waals surface area contributed by atoms with Crippen LogP contribution in [0.2, 0.25) is 0 Å². The molecule has 0 fully saturated rings. The van der Waals surface area contributed by atoms with Gasteiger partial charge in [-0.15, -0.1) is 0 Å². The first-order chi connectivity index (χ1) is 7.20. The smallest absolute Gasteiger partial charge is 0.154 e. The van der Waals surface area contributed by atoms with Crippen molar-refractivity contribution >= 4 is 0 Å². The van der Waals surface area contributed by atoms with Crippen LogP contribution in [0.4, 0.5) is 0 Å². The van der Waals surface area contributed by atoms with Crippen LogP contribution in [0.3, 0.4) is 0 Å². The summed E-state index contributed by atoms with van der Waals surface area (Å²) in [6, 6.07) is 3.88. The molecule has 0 aliphatic heterocycles. The summed E-state index contributed by atoms with van der Waals surface area (Å²) in [5.74, 6) is 1.71. The van der Waals surface area contributed by atoms with Crippen LogP contribution in [0.25, 0.3) is 11.5 Å². The molecule has 0 saturated carbocycles. The Morgan fingerprint density at radius 1 is 1.47 bits per heavy atom. The molecule has 0 unspecified atom stereocenters. The Balaban J connectivity index is 2.42. The largest absolute Gasteiger partial charge is 0.460 e. The van der Waals surface area contributed by atoms with Crippen molar-refractivity contribution in [3.05, 3.63) is 29.7 Å².